The molecule has 1 aliphatic heterocycles. The molecule has 12 heteroatoms. The fraction of sp³-hybridized carbons (Fsp3) is 0.520. The van der Waals surface area contributed by atoms with Crippen LogP contribution in [0.4, 0.5) is 0 Å². The largest absolute Gasteiger partial charge is 0.507 e. The lowest BCUT2D eigenvalue weighted by molar-refractivity contribution is -0.148. The third-order valence-corrected chi connectivity index (χ3v) is 5.01. The summed E-state index contributed by atoms with van der Waals surface area (Å²) in [4.78, 5) is 52.1. The summed E-state index contributed by atoms with van der Waals surface area (Å²) in [5.41, 5.74) is -1.17. The summed E-state index contributed by atoms with van der Waals surface area (Å²) in [5.74, 6) is -5.08. The lowest BCUT2D eigenvalue weighted by atomic mass is 10.2. The van der Waals surface area contributed by atoms with Gasteiger partial charge in [-0.1, -0.05) is 0 Å². The summed E-state index contributed by atoms with van der Waals surface area (Å²) in [5, 5.41) is 20.7. The van der Waals surface area contributed by atoms with Gasteiger partial charge in [0.25, 0.3) is 0 Å². The first-order chi connectivity index (χ1) is 17.6. The molecule has 12 nitrogen and oxygen atoms in total. The van der Waals surface area contributed by atoms with Crippen molar-refractivity contribution in [2.45, 2.75) is 40.7 Å². The van der Waals surface area contributed by atoms with E-state index in [9.17, 15) is 29.4 Å². The van der Waals surface area contributed by atoms with Gasteiger partial charge in [-0.3, -0.25) is 0 Å². The zero-order chi connectivity index (χ0) is 28.0. The Morgan fingerprint density at radius 2 is 1.08 bits per heavy atom. The second-order valence-corrected chi connectivity index (χ2v) is 7.62. The van der Waals surface area contributed by atoms with Crippen molar-refractivity contribution in [1.29, 1.82) is 0 Å². The molecule has 0 aromatic heterocycles. The van der Waals surface area contributed by atoms with E-state index < -0.39 is 46.5 Å². The number of ether oxygens (including phenoxy) is 4. The Kier molecular flexibility index (Phi) is 13.4. The second-order valence-electron chi connectivity index (χ2n) is 7.62. The van der Waals surface area contributed by atoms with Gasteiger partial charge < -0.3 is 39.0 Å². The van der Waals surface area contributed by atoms with Crippen LogP contribution < -0.4 is 0 Å². The maximum Gasteiger partial charge on any atom is 0.349 e. The topological polar surface area (TPSA) is 152 Å². The number of aliphatic hydroxyl groups excluding tert-OH is 2. The van der Waals surface area contributed by atoms with Crippen LogP contribution in [0, 0.1) is 0 Å². The maximum absolute atomic E-state index is 12.1. The first kappa shape index (κ1) is 31.1. The average molecular weight is 525 g/mol. The number of aliphatic hydroxyl groups is 2. The quantitative estimate of drug-likeness (QED) is 0.0729. The van der Waals surface area contributed by atoms with Gasteiger partial charge in [-0.2, -0.15) is 0 Å². The molecule has 0 amide bonds. The highest BCUT2D eigenvalue weighted by atomic mass is 16.6. The van der Waals surface area contributed by atoms with Crippen molar-refractivity contribution in [1.82, 2.24) is 9.80 Å². The predicted octanol–water partition coefficient (Wildman–Crippen LogP) is 1.90. The fourth-order valence-electron chi connectivity index (χ4n) is 3.26. The van der Waals surface area contributed by atoms with Crippen LogP contribution in [0.2, 0.25) is 0 Å². The summed E-state index contributed by atoms with van der Waals surface area (Å²) in [6.07, 6.45) is 5.55. The molecular formula is C25H36N2O10. The van der Waals surface area contributed by atoms with Gasteiger partial charge in [-0.25, -0.2) is 19.2 Å². The van der Waals surface area contributed by atoms with E-state index in [-0.39, 0.29) is 32.5 Å². The summed E-state index contributed by atoms with van der Waals surface area (Å²) in [6.45, 7) is 9.76. The van der Waals surface area contributed by atoms with E-state index in [0.717, 1.165) is 0 Å². The van der Waals surface area contributed by atoms with E-state index in [1.54, 1.807) is 40.1 Å². The van der Waals surface area contributed by atoms with Crippen molar-refractivity contribution in [3.05, 3.63) is 47.2 Å². The molecule has 0 saturated carbocycles. The molecule has 37 heavy (non-hydrogen) atoms. The maximum atomic E-state index is 12.1. The van der Waals surface area contributed by atoms with E-state index in [1.165, 1.54) is 12.2 Å². The third-order valence-electron chi connectivity index (χ3n) is 5.01. The van der Waals surface area contributed by atoms with Crippen LogP contribution in [0.15, 0.2) is 47.2 Å². The average Bonchev–Trinajstić information content (AvgIpc) is 2.83. The molecule has 206 valence electrons. The van der Waals surface area contributed by atoms with Gasteiger partial charge in [0.2, 0.25) is 0 Å². The Hall–Kier alpha value is -3.96. The van der Waals surface area contributed by atoms with E-state index in [0.29, 0.717) is 19.6 Å². The Balaban J connectivity index is 2.99. The molecule has 0 radical (unpaired) electrons. The molecule has 0 aliphatic carbocycles. The Labute approximate surface area is 216 Å². The van der Waals surface area contributed by atoms with Crippen LogP contribution in [0.25, 0.3) is 0 Å². The minimum absolute atomic E-state index is 0.0249. The van der Waals surface area contributed by atoms with Crippen LogP contribution in [-0.4, -0.2) is 96.0 Å². The highest BCUT2D eigenvalue weighted by molar-refractivity contribution is 6.15. The number of rotatable bonds is 12. The first-order valence-corrected chi connectivity index (χ1v) is 12.0. The number of hydrogen-bond acceptors (Lipinski definition) is 12. The van der Waals surface area contributed by atoms with Gasteiger partial charge in [0, 0.05) is 38.1 Å². The standard InChI is InChI=1S/C25H36N2O10/c1-6-34-22(30)20(23(31)35-7-2)18(28)10-12-26-14-15-27(17(5)16-26)13-11-19(29)21(24(32)36-8-3)25(33)37-9-4/h10-13,17,28-29H,6-9,14-16H2,1-5H3/b12-10+,13-11+. The fourth-order valence-corrected chi connectivity index (χ4v) is 3.26. The number of nitrogens with zero attached hydrogens (tertiary/aromatic N) is 2. The van der Waals surface area contributed by atoms with Crippen LogP contribution >= 0.6 is 0 Å². The van der Waals surface area contributed by atoms with Crippen LogP contribution in [0.3, 0.4) is 0 Å². The molecule has 1 heterocycles. The minimum Gasteiger partial charge on any atom is -0.507 e. The molecule has 1 rings (SSSR count). The monoisotopic (exact) mass is 524 g/mol. The summed E-state index contributed by atoms with van der Waals surface area (Å²) >= 11 is 0. The van der Waals surface area contributed by atoms with E-state index in [2.05, 4.69) is 0 Å². The highest BCUT2D eigenvalue weighted by Crippen LogP contribution is 2.15. The Bertz CT molecular complexity index is 911. The van der Waals surface area contributed by atoms with Crippen LogP contribution in [0.1, 0.15) is 34.6 Å². The van der Waals surface area contributed by atoms with Gasteiger partial charge in [0.15, 0.2) is 11.1 Å². The first-order valence-electron chi connectivity index (χ1n) is 12.0. The van der Waals surface area contributed by atoms with Gasteiger partial charge >= 0.3 is 23.9 Å². The molecule has 1 aliphatic rings. The molecule has 1 fully saturated rings. The second kappa shape index (κ2) is 15.9. The van der Waals surface area contributed by atoms with Crippen LogP contribution in [-0.2, 0) is 38.1 Å². The molecule has 0 spiro atoms. The number of carbonyl (C=O) groups excluding carboxylic acids is 4. The highest BCUT2D eigenvalue weighted by Gasteiger charge is 2.27. The molecule has 1 saturated heterocycles. The van der Waals surface area contributed by atoms with Crippen molar-refractivity contribution < 1.29 is 48.3 Å². The SMILES string of the molecule is CCOC(=O)C(C(=O)OCC)=C(O)/C=C/N1CCN(/C=C/C(O)=C(C(=O)OCC)C(=O)OCC)C(C)C1. The van der Waals surface area contributed by atoms with Crippen molar-refractivity contribution >= 4 is 23.9 Å². The Morgan fingerprint density at radius 1 is 0.703 bits per heavy atom. The number of allylic oxidation sites excluding steroid dienone is 2. The number of carbonyl (C=O) groups is 4. The van der Waals surface area contributed by atoms with E-state index in [1.807, 2.05) is 16.7 Å². The molecule has 0 aromatic rings. The van der Waals surface area contributed by atoms with Crippen LogP contribution in [0.5, 0.6) is 0 Å². The smallest absolute Gasteiger partial charge is 0.349 e. The molecule has 0 bridgehead atoms. The van der Waals surface area contributed by atoms with Crippen molar-refractivity contribution in [2.24, 2.45) is 0 Å². The van der Waals surface area contributed by atoms with Crippen molar-refractivity contribution in [3.8, 4) is 0 Å². The molecule has 1 unspecified atom stereocenters. The van der Waals surface area contributed by atoms with Gasteiger partial charge in [-0.05, 0) is 46.8 Å². The van der Waals surface area contributed by atoms with E-state index in [4.69, 9.17) is 18.9 Å². The lowest BCUT2D eigenvalue weighted by Crippen LogP contribution is -2.47. The molecule has 1 atom stereocenters. The minimum atomic E-state index is -0.982. The normalized spacial score (nSPS) is 15.3. The lowest BCUT2D eigenvalue weighted by Gasteiger charge is -2.39. The zero-order valence-electron chi connectivity index (χ0n) is 21.9. The molecule has 0 aromatic carbocycles. The number of piperazine rings is 1. The predicted molar refractivity (Wildman–Crippen MR) is 132 cm³/mol. The third kappa shape index (κ3) is 9.54. The summed E-state index contributed by atoms with van der Waals surface area (Å²) in [7, 11) is 0. The number of hydrogen-bond donors (Lipinski definition) is 2. The summed E-state index contributed by atoms with van der Waals surface area (Å²) < 4.78 is 19.3. The molecule has 2 N–H and O–H groups in total. The summed E-state index contributed by atoms with van der Waals surface area (Å²) in [6, 6.07) is -0.0863. The van der Waals surface area contributed by atoms with Crippen molar-refractivity contribution in [2.75, 3.05) is 46.1 Å². The van der Waals surface area contributed by atoms with Gasteiger partial charge in [0.05, 0.1) is 26.4 Å². The Morgan fingerprint density at radius 3 is 1.43 bits per heavy atom. The van der Waals surface area contributed by atoms with Crippen molar-refractivity contribution in [3.63, 3.8) is 0 Å². The zero-order valence-corrected chi connectivity index (χ0v) is 21.9. The van der Waals surface area contributed by atoms with E-state index >= 15 is 0 Å². The molecular weight excluding hydrogens is 488 g/mol. The van der Waals surface area contributed by atoms with Gasteiger partial charge in [0.1, 0.15) is 11.5 Å². The van der Waals surface area contributed by atoms with Gasteiger partial charge in [-0.15, -0.1) is 0 Å². The number of esters is 4.